The van der Waals surface area contributed by atoms with E-state index in [9.17, 15) is 0 Å². The zero-order valence-corrected chi connectivity index (χ0v) is 27.8. The number of fused-ring (bicyclic) bond motifs is 3. The molecule has 0 amide bonds. The minimum absolute atomic E-state index is 0.0441. The molecule has 1 aromatic heterocycles. The molecule has 6 aromatic carbocycles. The van der Waals surface area contributed by atoms with Crippen LogP contribution < -0.4 is 0 Å². The Morgan fingerprint density at radius 2 is 0.667 bits per heavy atom. The summed E-state index contributed by atoms with van der Waals surface area (Å²) in [4.78, 5) is 14.9. The Morgan fingerprint density at radius 3 is 1.15 bits per heavy atom. The van der Waals surface area contributed by atoms with Gasteiger partial charge in [-0.25, -0.2) is 15.0 Å². The van der Waals surface area contributed by atoms with Crippen molar-refractivity contribution in [3.8, 4) is 67.5 Å². The van der Waals surface area contributed by atoms with Crippen LogP contribution in [0.1, 0.15) is 38.8 Å². The van der Waals surface area contributed by atoms with E-state index >= 15 is 0 Å². The summed E-state index contributed by atoms with van der Waals surface area (Å²) in [6, 6.07) is 53.5. The second-order valence-electron chi connectivity index (χ2n) is 13.8. The lowest BCUT2D eigenvalue weighted by Gasteiger charge is -2.48. The Bertz CT molecular complexity index is 2210. The number of hydrogen-bond donors (Lipinski definition) is 0. The van der Waals surface area contributed by atoms with Crippen molar-refractivity contribution in [2.24, 2.45) is 0 Å². The maximum atomic E-state index is 4.99. The van der Waals surface area contributed by atoms with Crippen molar-refractivity contribution in [3.05, 3.63) is 163 Å². The minimum atomic E-state index is -0.0590. The van der Waals surface area contributed by atoms with Gasteiger partial charge in [0.25, 0.3) is 0 Å². The van der Waals surface area contributed by atoms with E-state index in [0.717, 1.165) is 22.3 Å². The van der Waals surface area contributed by atoms with Gasteiger partial charge in [0.2, 0.25) is 0 Å². The van der Waals surface area contributed by atoms with E-state index in [-0.39, 0.29) is 10.8 Å². The molecule has 0 fully saturated rings. The topological polar surface area (TPSA) is 38.7 Å². The van der Waals surface area contributed by atoms with Crippen molar-refractivity contribution in [3.63, 3.8) is 0 Å². The molecule has 1 aliphatic carbocycles. The van der Waals surface area contributed by atoms with Crippen LogP contribution in [0, 0.1) is 0 Å². The first-order chi connectivity index (χ1) is 23.3. The molecule has 0 spiro atoms. The van der Waals surface area contributed by atoms with Crippen molar-refractivity contribution in [1.82, 2.24) is 15.0 Å². The molecule has 0 aliphatic heterocycles. The van der Waals surface area contributed by atoms with Crippen molar-refractivity contribution >= 4 is 0 Å². The zero-order chi connectivity index (χ0) is 32.9. The molecular formula is C45H37N3. The van der Waals surface area contributed by atoms with Crippen LogP contribution >= 0.6 is 0 Å². The van der Waals surface area contributed by atoms with Crippen molar-refractivity contribution < 1.29 is 0 Å². The molecule has 8 rings (SSSR count). The molecular weight excluding hydrogens is 583 g/mol. The summed E-state index contributed by atoms with van der Waals surface area (Å²) >= 11 is 0. The average Bonchev–Trinajstić information content (AvgIpc) is 3.15. The van der Waals surface area contributed by atoms with E-state index in [1.54, 1.807) is 0 Å². The fourth-order valence-electron chi connectivity index (χ4n) is 7.06. The lowest BCUT2D eigenvalue weighted by molar-refractivity contribution is 0.299. The largest absolute Gasteiger partial charge is 0.208 e. The maximum absolute atomic E-state index is 4.99. The van der Waals surface area contributed by atoms with Crippen molar-refractivity contribution in [2.45, 2.75) is 38.5 Å². The smallest absolute Gasteiger partial charge is 0.164 e. The summed E-state index contributed by atoms with van der Waals surface area (Å²) in [7, 11) is 0. The Kier molecular flexibility index (Phi) is 7.14. The molecule has 0 saturated heterocycles. The number of aromatic nitrogens is 3. The van der Waals surface area contributed by atoms with E-state index in [2.05, 4.69) is 119 Å². The molecule has 0 saturated carbocycles. The van der Waals surface area contributed by atoms with Gasteiger partial charge in [0, 0.05) is 16.7 Å². The highest BCUT2D eigenvalue weighted by Crippen LogP contribution is 2.55. The van der Waals surface area contributed by atoms with Gasteiger partial charge in [-0.15, -0.1) is 0 Å². The van der Waals surface area contributed by atoms with E-state index < -0.39 is 0 Å². The van der Waals surface area contributed by atoms with Crippen molar-refractivity contribution in [2.75, 3.05) is 0 Å². The van der Waals surface area contributed by atoms with Crippen LogP contribution in [-0.4, -0.2) is 15.0 Å². The van der Waals surface area contributed by atoms with Gasteiger partial charge in [0.1, 0.15) is 0 Å². The Labute approximate surface area is 283 Å². The third-order valence-corrected chi connectivity index (χ3v) is 10.5. The first-order valence-electron chi connectivity index (χ1n) is 16.6. The molecule has 0 unspecified atom stereocenters. The highest BCUT2D eigenvalue weighted by Gasteiger charge is 2.45. The molecule has 48 heavy (non-hydrogen) atoms. The van der Waals surface area contributed by atoms with Gasteiger partial charge in [0.05, 0.1) is 0 Å². The van der Waals surface area contributed by atoms with Gasteiger partial charge < -0.3 is 0 Å². The van der Waals surface area contributed by atoms with Gasteiger partial charge >= 0.3 is 0 Å². The Hall–Kier alpha value is -5.67. The summed E-state index contributed by atoms with van der Waals surface area (Å²) in [5.41, 5.74) is 12.9. The summed E-state index contributed by atoms with van der Waals surface area (Å²) < 4.78 is 0. The molecule has 3 nitrogen and oxygen atoms in total. The first kappa shape index (κ1) is 29.7. The van der Waals surface area contributed by atoms with E-state index in [1.165, 1.54) is 38.9 Å². The lowest BCUT2D eigenvalue weighted by Crippen LogP contribution is -2.43. The maximum Gasteiger partial charge on any atom is 0.164 e. The fraction of sp³-hybridized carbons (Fsp3) is 0.133. The van der Waals surface area contributed by atoms with Crippen molar-refractivity contribution in [1.29, 1.82) is 0 Å². The van der Waals surface area contributed by atoms with E-state index in [4.69, 9.17) is 15.0 Å². The minimum Gasteiger partial charge on any atom is -0.208 e. The summed E-state index contributed by atoms with van der Waals surface area (Å²) in [5, 5.41) is 0. The number of nitrogens with zero attached hydrogens (tertiary/aromatic N) is 3. The molecule has 0 bridgehead atoms. The van der Waals surface area contributed by atoms with E-state index in [1.807, 2.05) is 60.7 Å². The first-order valence-corrected chi connectivity index (χ1v) is 16.6. The molecule has 1 aliphatic rings. The normalized spacial score (nSPS) is 14.2. The summed E-state index contributed by atoms with van der Waals surface area (Å²) in [6.45, 7) is 9.54. The molecule has 0 N–H and O–H groups in total. The molecule has 7 aromatic rings. The number of rotatable bonds is 5. The van der Waals surface area contributed by atoms with Crippen LogP contribution in [-0.2, 0) is 10.8 Å². The Balaban J connectivity index is 1.26. The molecule has 1 heterocycles. The SMILES string of the molecule is CC1(C)c2ccc(-c3ccccc3)cc2-c2cc(-c3cccc(-c4nc(-c5ccccc5)nc(-c5ccccc5)n4)c3)ccc2C1(C)C. The standard InChI is InChI=1S/C45H37N3/c1-44(2)39-25-23-34(30-15-8-5-9-16-30)28-37(39)38-29-35(24-26-40(38)45(44,3)4)33-21-14-22-36(27-33)43-47-41(31-17-10-6-11-18-31)46-42(48-43)32-19-12-7-13-20-32/h5-29H,1-4H3. The zero-order valence-electron chi connectivity index (χ0n) is 27.8. The van der Waals surface area contributed by atoms with Crippen LogP contribution in [0.3, 0.4) is 0 Å². The molecule has 3 heteroatoms. The van der Waals surface area contributed by atoms with Crippen LogP contribution in [0.5, 0.6) is 0 Å². The van der Waals surface area contributed by atoms with E-state index in [0.29, 0.717) is 17.5 Å². The number of hydrogen-bond acceptors (Lipinski definition) is 3. The molecule has 0 atom stereocenters. The van der Waals surface area contributed by atoms with Crippen LogP contribution in [0.2, 0.25) is 0 Å². The Morgan fingerprint density at radius 1 is 0.312 bits per heavy atom. The highest BCUT2D eigenvalue weighted by atomic mass is 15.0. The summed E-state index contributed by atoms with van der Waals surface area (Å²) in [6.07, 6.45) is 0. The van der Waals surface area contributed by atoms with Crippen LogP contribution in [0.4, 0.5) is 0 Å². The summed E-state index contributed by atoms with van der Waals surface area (Å²) in [5.74, 6) is 1.98. The van der Waals surface area contributed by atoms with Crippen LogP contribution in [0.25, 0.3) is 67.5 Å². The van der Waals surface area contributed by atoms with Gasteiger partial charge in [-0.3, -0.25) is 0 Å². The highest BCUT2D eigenvalue weighted by molar-refractivity contribution is 5.85. The van der Waals surface area contributed by atoms with Gasteiger partial charge in [-0.1, -0.05) is 161 Å². The van der Waals surface area contributed by atoms with Gasteiger partial charge in [0.15, 0.2) is 17.5 Å². The lowest BCUT2D eigenvalue weighted by atomic mass is 9.55. The molecule has 232 valence electrons. The monoisotopic (exact) mass is 619 g/mol. The number of benzene rings is 6. The molecule has 0 radical (unpaired) electrons. The quantitative estimate of drug-likeness (QED) is 0.192. The fourth-order valence-corrected chi connectivity index (χ4v) is 7.06. The van der Waals surface area contributed by atoms with Crippen LogP contribution in [0.15, 0.2) is 152 Å². The second-order valence-corrected chi connectivity index (χ2v) is 13.8. The van der Waals surface area contributed by atoms with Gasteiger partial charge in [-0.2, -0.15) is 0 Å². The average molecular weight is 620 g/mol. The third-order valence-electron chi connectivity index (χ3n) is 10.5. The predicted molar refractivity (Wildman–Crippen MR) is 198 cm³/mol. The predicted octanol–water partition coefficient (Wildman–Crippen LogP) is 11.4. The van der Waals surface area contributed by atoms with Gasteiger partial charge in [-0.05, 0) is 73.5 Å². The second kappa shape index (κ2) is 11.5. The third kappa shape index (κ3) is 5.03.